The fraction of sp³-hybridized carbons (Fsp3) is 0.238. The highest BCUT2D eigenvalue weighted by Crippen LogP contribution is 2.26. The predicted molar refractivity (Wildman–Crippen MR) is 114 cm³/mol. The van der Waals surface area contributed by atoms with E-state index >= 15 is 0 Å². The number of amides is 2. The van der Waals surface area contributed by atoms with E-state index in [1.807, 2.05) is 24.3 Å². The number of nitrogens with one attached hydrogen (secondary N) is 1. The van der Waals surface area contributed by atoms with E-state index < -0.39 is 6.04 Å². The molecule has 4 rings (SSSR count). The summed E-state index contributed by atoms with van der Waals surface area (Å²) in [5, 5.41) is 7.73. The quantitative estimate of drug-likeness (QED) is 0.654. The SMILES string of the molecule is O=C(NCc1ccc(-n2cncn2)cc1)C1CCCN1C(=O)c1ccc(Cl)c(Cl)c1. The van der Waals surface area contributed by atoms with E-state index in [1.165, 1.54) is 12.4 Å². The van der Waals surface area contributed by atoms with E-state index in [9.17, 15) is 9.59 Å². The number of hydrogen-bond donors (Lipinski definition) is 1. The third-order valence-corrected chi connectivity index (χ3v) is 5.81. The summed E-state index contributed by atoms with van der Waals surface area (Å²) in [6.07, 6.45) is 4.50. The molecule has 1 aromatic heterocycles. The Morgan fingerprint density at radius 3 is 2.60 bits per heavy atom. The zero-order chi connectivity index (χ0) is 21.1. The number of carbonyl (C=O) groups excluding carboxylic acids is 2. The molecule has 1 saturated heterocycles. The molecular weight excluding hydrogens is 425 g/mol. The van der Waals surface area contributed by atoms with Crippen LogP contribution in [0.2, 0.25) is 10.0 Å². The van der Waals surface area contributed by atoms with Gasteiger partial charge in [-0.2, -0.15) is 5.10 Å². The van der Waals surface area contributed by atoms with Gasteiger partial charge in [-0.15, -0.1) is 0 Å². The summed E-state index contributed by atoms with van der Waals surface area (Å²) in [6.45, 7) is 0.908. The van der Waals surface area contributed by atoms with Gasteiger partial charge in [-0.1, -0.05) is 35.3 Å². The van der Waals surface area contributed by atoms with E-state index in [2.05, 4.69) is 15.4 Å². The van der Waals surface area contributed by atoms with Crippen molar-refractivity contribution in [3.63, 3.8) is 0 Å². The van der Waals surface area contributed by atoms with Crippen molar-refractivity contribution in [3.05, 3.63) is 76.3 Å². The van der Waals surface area contributed by atoms with Crippen LogP contribution in [0.3, 0.4) is 0 Å². The monoisotopic (exact) mass is 443 g/mol. The topological polar surface area (TPSA) is 80.1 Å². The first-order valence-electron chi connectivity index (χ1n) is 9.50. The minimum atomic E-state index is -0.499. The van der Waals surface area contributed by atoms with Gasteiger partial charge >= 0.3 is 0 Å². The molecule has 2 heterocycles. The largest absolute Gasteiger partial charge is 0.350 e. The van der Waals surface area contributed by atoms with Crippen LogP contribution in [0.25, 0.3) is 5.69 Å². The van der Waals surface area contributed by atoms with Gasteiger partial charge in [0, 0.05) is 18.7 Å². The minimum Gasteiger partial charge on any atom is -0.350 e. The normalized spacial score (nSPS) is 15.9. The number of likely N-dealkylation sites (tertiary alicyclic amines) is 1. The Hall–Kier alpha value is -2.90. The second kappa shape index (κ2) is 8.85. The molecule has 2 aromatic carbocycles. The molecular formula is C21H19Cl2N5O2. The highest BCUT2D eigenvalue weighted by atomic mass is 35.5. The second-order valence-electron chi connectivity index (χ2n) is 7.01. The molecule has 1 aliphatic heterocycles. The third-order valence-electron chi connectivity index (χ3n) is 5.07. The van der Waals surface area contributed by atoms with E-state index in [4.69, 9.17) is 23.2 Å². The fourth-order valence-electron chi connectivity index (χ4n) is 3.49. The van der Waals surface area contributed by atoms with Gasteiger partial charge < -0.3 is 10.2 Å². The predicted octanol–water partition coefficient (Wildman–Crippen LogP) is 3.50. The highest BCUT2D eigenvalue weighted by molar-refractivity contribution is 6.42. The van der Waals surface area contributed by atoms with E-state index in [0.717, 1.165) is 17.7 Å². The number of nitrogens with zero attached hydrogens (tertiary/aromatic N) is 4. The van der Waals surface area contributed by atoms with Crippen LogP contribution in [-0.4, -0.2) is 44.1 Å². The first-order chi connectivity index (χ1) is 14.5. The van der Waals surface area contributed by atoms with Crippen molar-refractivity contribution < 1.29 is 9.59 Å². The molecule has 1 aliphatic rings. The van der Waals surface area contributed by atoms with Crippen LogP contribution in [0.5, 0.6) is 0 Å². The molecule has 1 unspecified atom stereocenters. The Labute approximate surface area is 183 Å². The number of carbonyl (C=O) groups is 2. The maximum atomic E-state index is 12.9. The van der Waals surface area contributed by atoms with Gasteiger partial charge in [0.25, 0.3) is 5.91 Å². The van der Waals surface area contributed by atoms with Crippen molar-refractivity contribution in [2.45, 2.75) is 25.4 Å². The lowest BCUT2D eigenvalue weighted by Gasteiger charge is -2.24. The summed E-state index contributed by atoms with van der Waals surface area (Å²) in [7, 11) is 0. The highest BCUT2D eigenvalue weighted by Gasteiger charge is 2.34. The van der Waals surface area contributed by atoms with Crippen molar-refractivity contribution in [3.8, 4) is 5.69 Å². The first kappa shape index (κ1) is 20.4. The fourth-order valence-corrected chi connectivity index (χ4v) is 3.79. The van der Waals surface area contributed by atoms with E-state index in [0.29, 0.717) is 35.1 Å². The van der Waals surface area contributed by atoms with Crippen molar-refractivity contribution in [1.29, 1.82) is 0 Å². The van der Waals surface area contributed by atoms with Crippen LogP contribution < -0.4 is 5.32 Å². The molecule has 1 atom stereocenters. The number of aromatic nitrogens is 3. The summed E-state index contributed by atoms with van der Waals surface area (Å²) in [5.74, 6) is -0.385. The minimum absolute atomic E-state index is 0.165. The van der Waals surface area contributed by atoms with Gasteiger partial charge in [0.05, 0.1) is 15.7 Å². The number of hydrogen-bond acceptors (Lipinski definition) is 4. The van der Waals surface area contributed by atoms with Crippen LogP contribution >= 0.6 is 23.2 Å². The van der Waals surface area contributed by atoms with Crippen molar-refractivity contribution in [2.75, 3.05) is 6.54 Å². The second-order valence-corrected chi connectivity index (χ2v) is 7.82. The Morgan fingerprint density at radius 2 is 1.90 bits per heavy atom. The molecule has 3 aromatic rings. The van der Waals surface area contributed by atoms with Gasteiger partial charge in [-0.05, 0) is 48.7 Å². The summed E-state index contributed by atoms with van der Waals surface area (Å²) in [4.78, 5) is 31.2. The van der Waals surface area contributed by atoms with E-state index in [-0.39, 0.29) is 11.8 Å². The maximum Gasteiger partial charge on any atom is 0.254 e. The molecule has 1 fully saturated rings. The van der Waals surface area contributed by atoms with Crippen LogP contribution in [0.1, 0.15) is 28.8 Å². The Balaban J connectivity index is 1.38. The van der Waals surface area contributed by atoms with Crippen molar-refractivity contribution in [1.82, 2.24) is 25.0 Å². The number of rotatable bonds is 5. The Morgan fingerprint density at radius 1 is 1.10 bits per heavy atom. The molecule has 0 aliphatic carbocycles. The summed E-state index contributed by atoms with van der Waals surface area (Å²) in [5.41, 5.74) is 2.26. The van der Waals surface area contributed by atoms with Crippen LogP contribution in [0.15, 0.2) is 55.1 Å². The Kier molecular flexibility index (Phi) is 6.01. The zero-order valence-corrected chi connectivity index (χ0v) is 17.5. The molecule has 0 spiro atoms. The van der Waals surface area contributed by atoms with Crippen LogP contribution in [0, 0.1) is 0 Å². The maximum absolute atomic E-state index is 12.9. The third kappa shape index (κ3) is 4.32. The molecule has 0 bridgehead atoms. The first-order valence-corrected chi connectivity index (χ1v) is 10.3. The molecule has 1 N–H and O–H groups in total. The molecule has 154 valence electrons. The van der Waals surface area contributed by atoms with Crippen molar-refractivity contribution in [2.24, 2.45) is 0 Å². The van der Waals surface area contributed by atoms with Gasteiger partial charge in [-0.25, -0.2) is 9.67 Å². The number of halogens is 2. The smallest absolute Gasteiger partial charge is 0.254 e. The lowest BCUT2D eigenvalue weighted by molar-refractivity contribution is -0.125. The van der Waals surface area contributed by atoms with E-state index in [1.54, 1.807) is 28.0 Å². The molecule has 7 nitrogen and oxygen atoms in total. The van der Waals surface area contributed by atoms with Crippen LogP contribution in [0.4, 0.5) is 0 Å². The van der Waals surface area contributed by atoms with Crippen LogP contribution in [-0.2, 0) is 11.3 Å². The van der Waals surface area contributed by atoms with Gasteiger partial charge in [-0.3, -0.25) is 9.59 Å². The average molecular weight is 444 g/mol. The molecule has 30 heavy (non-hydrogen) atoms. The molecule has 0 radical (unpaired) electrons. The van der Waals surface area contributed by atoms with Gasteiger partial charge in [0.15, 0.2) is 0 Å². The van der Waals surface area contributed by atoms with Gasteiger partial charge in [0.2, 0.25) is 5.91 Å². The summed E-state index contributed by atoms with van der Waals surface area (Å²) < 4.78 is 1.66. The molecule has 2 amide bonds. The molecule has 0 saturated carbocycles. The lowest BCUT2D eigenvalue weighted by Crippen LogP contribution is -2.45. The summed E-state index contributed by atoms with van der Waals surface area (Å²) >= 11 is 12.0. The van der Waals surface area contributed by atoms with Gasteiger partial charge in [0.1, 0.15) is 18.7 Å². The van der Waals surface area contributed by atoms with Crippen molar-refractivity contribution >= 4 is 35.0 Å². The zero-order valence-electron chi connectivity index (χ0n) is 16.0. The Bertz CT molecular complexity index is 1050. The standard InChI is InChI=1S/C21H19Cl2N5O2/c22-17-8-5-15(10-18(17)23)21(30)27-9-1-2-19(27)20(29)25-11-14-3-6-16(7-4-14)28-13-24-12-26-28/h3-8,10,12-13,19H,1-2,9,11H2,(H,25,29). The number of benzene rings is 2. The lowest BCUT2D eigenvalue weighted by atomic mass is 10.1. The summed E-state index contributed by atoms with van der Waals surface area (Å²) in [6, 6.07) is 11.9. The molecule has 9 heteroatoms. The average Bonchev–Trinajstić information content (AvgIpc) is 3.46.